The van der Waals surface area contributed by atoms with Crippen LogP contribution < -0.4 is 5.32 Å². The molecule has 180 valence electrons. The lowest BCUT2D eigenvalue weighted by atomic mass is 9.95. The number of rotatable bonds is 5. The molecule has 0 fully saturated rings. The molecular formula is C27H21BrN4O3S. The van der Waals surface area contributed by atoms with Gasteiger partial charge < -0.3 is 14.4 Å². The second-order valence-electron chi connectivity index (χ2n) is 8.74. The van der Waals surface area contributed by atoms with Gasteiger partial charge in [-0.05, 0) is 50.3 Å². The molecule has 3 heterocycles. The van der Waals surface area contributed by atoms with Crippen molar-refractivity contribution in [2.75, 3.05) is 5.32 Å². The number of carbonyl (C=O) groups excluding carboxylic acids is 1. The standard InChI is InChI=1S/C27H21BrN4O3S/c1-15-6-8-17(9-7-15)24-29-26(35-32-24)23-19-4-2-3-5-22(19)36-27(23)30-25(33)20-14-21(34-31-20)16-10-12-18(28)13-11-16/h6-14H,2-5H2,1H3,(H,30,33). The summed E-state index contributed by atoms with van der Waals surface area (Å²) in [4.78, 5) is 19.1. The number of fused-ring (bicyclic) bond motifs is 1. The molecule has 1 aliphatic rings. The van der Waals surface area contributed by atoms with E-state index in [1.165, 1.54) is 10.4 Å². The molecule has 0 saturated heterocycles. The van der Waals surface area contributed by atoms with Gasteiger partial charge >= 0.3 is 0 Å². The van der Waals surface area contributed by atoms with Gasteiger partial charge in [-0.3, -0.25) is 4.79 Å². The fraction of sp³-hybridized carbons (Fsp3) is 0.185. The molecule has 1 aliphatic carbocycles. The number of amides is 1. The summed E-state index contributed by atoms with van der Waals surface area (Å²) < 4.78 is 12.1. The number of anilines is 1. The zero-order valence-electron chi connectivity index (χ0n) is 19.4. The minimum Gasteiger partial charge on any atom is -0.355 e. The largest absolute Gasteiger partial charge is 0.355 e. The van der Waals surface area contributed by atoms with E-state index in [2.05, 4.69) is 31.6 Å². The highest BCUT2D eigenvalue weighted by Crippen LogP contribution is 2.44. The summed E-state index contributed by atoms with van der Waals surface area (Å²) >= 11 is 4.99. The van der Waals surface area contributed by atoms with Crippen LogP contribution in [0.5, 0.6) is 0 Å². The first kappa shape index (κ1) is 22.9. The topological polar surface area (TPSA) is 94.1 Å². The Morgan fingerprint density at radius 2 is 1.72 bits per heavy atom. The number of nitrogens with one attached hydrogen (secondary N) is 1. The molecule has 1 amide bonds. The lowest BCUT2D eigenvalue weighted by Gasteiger charge is -2.11. The maximum absolute atomic E-state index is 13.2. The highest BCUT2D eigenvalue weighted by atomic mass is 79.9. The molecule has 7 nitrogen and oxygen atoms in total. The van der Waals surface area contributed by atoms with Gasteiger partial charge in [0.05, 0.1) is 5.56 Å². The fourth-order valence-electron chi connectivity index (χ4n) is 4.32. The number of hydrogen-bond acceptors (Lipinski definition) is 7. The summed E-state index contributed by atoms with van der Waals surface area (Å²) in [5, 5.41) is 11.9. The Hall–Kier alpha value is -3.56. The van der Waals surface area contributed by atoms with Crippen LogP contribution in [0.2, 0.25) is 0 Å². The van der Waals surface area contributed by atoms with Crippen LogP contribution in [-0.4, -0.2) is 21.2 Å². The summed E-state index contributed by atoms with van der Waals surface area (Å²) in [7, 11) is 0. The van der Waals surface area contributed by atoms with Gasteiger partial charge in [0.2, 0.25) is 5.82 Å². The van der Waals surface area contributed by atoms with Crippen LogP contribution in [0.15, 0.2) is 68.1 Å². The van der Waals surface area contributed by atoms with Crippen molar-refractivity contribution in [2.45, 2.75) is 32.6 Å². The van der Waals surface area contributed by atoms with Gasteiger partial charge in [0, 0.05) is 26.5 Å². The lowest BCUT2D eigenvalue weighted by molar-refractivity contribution is 0.101. The fourth-order valence-corrected chi connectivity index (χ4v) is 5.87. The van der Waals surface area contributed by atoms with E-state index in [1.807, 2.05) is 55.5 Å². The van der Waals surface area contributed by atoms with Gasteiger partial charge in [-0.2, -0.15) is 4.98 Å². The van der Waals surface area contributed by atoms with E-state index in [9.17, 15) is 4.79 Å². The van der Waals surface area contributed by atoms with E-state index in [1.54, 1.807) is 17.4 Å². The molecule has 36 heavy (non-hydrogen) atoms. The maximum atomic E-state index is 13.2. The van der Waals surface area contributed by atoms with Crippen molar-refractivity contribution in [2.24, 2.45) is 0 Å². The Morgan fingerprint density at radius 1 is 0.972 bits per heavy atom. The van der Waals surface area contributed by atoms with Gasteiger partial charge in [-0.25, -0.2) is 0 Å². The van der Waals surface area contributed by atoms with Gasteiger partial charge in [0.25, 0.3) is 11.8 Å². The number of aryl methyl sites for hydroxylation is 2. The van der Waals surface area contributed by atoms with E-state index in [-0.39, 0.29) is 11.6 Å². The van der Waals surface area contributed by atoms with E-state index in [4.69, 9.17) is 14.0 Å². The molecule has 6 rings (SSSR count). The molecule has 0 aliphatic heterocycles. The molecule has 0 radical (unpaired) electrons. The first-order valence-electron chi connectivity index (χ1n) is 11.6. The van der Waals surface area contributed by atoms with Gasteiger partial charge in [0.15, 0.2) is 11.5 Å². The van der Waals surface area contributed by atoms with Crippen molar-refractivity contribution in [3.05, 3.63) is 80.8 Å². The smallest absolute Gasteiger partial charge is 0.278 e. The molecule has 0 atom stereocenters. The zero-order valence-corrected chi connectivity index (χ0v) is 21.8. The summed E-state index contributed by atoms with van der Waals surface area (Å²) in [5.74, 6) is 1.11. The molecular weight excluding hydrogens is 540 g/mol. The van der Waals surface area contributed by atoms with E-state index >= 15 is 0 Å². The average molecular weight is 561 g/mol. The van der Waals surface area contributed by atoms with E-state index in [0.29, 0.717) is 22.5 Å². The van der Waals surface area contributed by atoms with Crippen LogP contribution in [0.4, 0.5) is 5.00 Å². The lowest BCUT2D eigenvalue weighted by Crippen LogP contribution is -2.12. The summed E-state index contributed by atoms with van der Waals surface area (Å²) in [6, 6.07) is 17.3. The van der Waals surface area contributed by atoms with E-state index in [0.717, 1.165) is 52.4 Å². The van der Waals surface area contributed by atoms with Crippen molar-refractivity contribution >= 4 is 38.2 Å². The Labute approximate surface area is 219 Å². The molecule has 0 spiro atoms. The number of hydrogen-bond donors (Lipinski definition) is 1. The number of halogens is 1. The average Bonchev–Trinajstić information content (AvgIpc) is 3.63. The molecule has 0 saturated carbocycles. The predicted octanol–water partition coefficient (Wildman–Crippen LogP) is 7.32. The Bertz CT molecular complexity index is 1550. The SMILES string of the molecule is Cc1ccc(-c2noc(-c3c(NC(=O)c4cc(-c5ccc(Br)cc5)on4)sc4c3CCCC4)n2)cc1. The third kappa shape index (κ3) is 4.40. The van der Waals surface area contributed by atoms with Crippen LogP contribution in [0, 0.1) is 6.92 Å². The van der Waals surface area contributed by atoms with Gasteiger partial charge in [-0.1, -0.05) is 68.2 Å². The summed E-state index contributed by atoms with van der Waals surface area (Å²) in [5.41, 5.74) is 5.08. The van der Waals surface area contributed by atoms with Crippen LogP contribution in [-0.2, 0) is 12.8 Å². The van der Waals surface area contributed by atoms with E-state index < -0.39 is 0 Å². The third-order valence-electron chi connectivity index (χ3n) is 6.22. The molecule has 2 aromatic carbocycles. The van der Waals surface area contributed by atoms with Crippen LogP contribution >= 0.6 is 27.3 Å². The highest BCUT2D eigenvalue weighted by Gasteiger charge is 2.27. The minimum absolute atomic E-state index is 0.205. The molecule has 3 aromatic heterocycles. The molecule has 1 N–H and O–H groups in total. The van der Waals surface area contributed by atoms with Gasteiger partial charge in [-0.15, -0.1) is 11.3 Å². The van der Waals surface area contributed by atoms with Crippen molar-refractivity contribution in [3.63, 3.8) is 0 Å². The monoisotopic (exact) mass is 560 g/mol. The Balaban J connectivity index is 1.31. The van der Waals surface area contributed by atoms with Crippen molar-refractivity contribution in [1.29, 1.82) is 0 Å². The Kier molecular flexibility index (Phi) is 6.02. The number of benzene rings is 2. The summed E-state index contributed by atoms with van der Waals surface area (Å²) in [6.07, 6.45) is 4.10. The predicted molar refractivity (Wildman–Crippen MR) is 142 cm³/mol. The number of nitrogens with zero attached hydrogens (tertiary/aromatic N) is 3. The van der Waals surface area contributed by atoms with Crippen molar-refractivity contribution in [3.8, 4) is 34.2 Å². The van der Waals surface area contributed by atoms with Crippen molar-refractivity contribution in [1.82, 2.24) is 15.3 Å². The highest BCUT2D eigenvalue weighted by molar-refractivity contribution is 9.10. The first-order valence-corrected chi connectivity index (χ1v) is 13.3. The third-order valence-corrected chi connectivity index (χ3v) is 7.96. The molecule has 0 bridgehead atoms. The van der Waals surface area contributed by atoms with Crippen LogP contribution in [0.1, 0.15) is 39.3 Å². The summed E-state index contributed by atoms with van der Waals surface area (Å²) in [6.45, 7) is 2.04. The molecule has 9 heteroatoms. The quantitative estimate of drug-likeness (QED) is 0.242. The zero-order chi connectivity index (χ0) is 24.6. The second kappa shape index (κ2) is 9.48. The number of thiophene rings is 1. The first-order chi connectivity index (χ1) is 17.5. The van der Waals surface area contributed by atoms with Crippen molar-refractivity contribution < 1.29 is 13.8 Å². The maximum Gasteiger partial charge on any atom is 0.278 e. The minimum atomic E-state index is -0.347. The van der Waals surface area contributed by atoms with Crippen LogP contribution in [0.3, 0.4) is 0 Å². The molecule has 5 aromatic rings. The van der Waals surface area contributed by atoms with Gasteiger partial charge in [0.1, 0.15) is 5.00 Å². The molecule has 0 unspecified atom stereocenters. The normalized spacial score (nSPS) is 12.9. The second-order valence-corrected chi connectivity index (χ2v) is 10.8. The van der Waals surface area contributed by atoms with Crippen LogP contribution in [0.25, 0.3) is 34.2 Å². The number of aromatic nitrogens is 3. The Morgan fingerprint density at radius 3 is 2.53 bits per heavy atom. The number of carbonyl (C=O) groups is 1.